The number of anilines is 4. The van der Waals surface area contributed by atoms with Gasteiger partial charge < -0.3 is 52.6 Å². The van der Waals surface area contributed by atoms with Crippen LogP contribution in [0.1, 0.15) is 159 Å². The molecule has 49 nitrogen and oxygen atoms in total. The van der Waals surface area contributed by atoms with E-state index in [4.69, 9.17) is 104 Å². The number of H-pyrrole nitrogens is 1. The van der Waals surface area contributed by atoms with E-state index in [9.17, 15) is 16.8 Å². The molecular formula is C93H127Cl4N39O10S2. The van der Waals surface area contributed by atoms with Crippen LogP contribution in [0.4, 0.5) is 23.0 Å². The number of tetrazole rings is 5. The van der Waals surface area contributed by atoms with Crippen molar-refractivity contribution in [2.45, 2.75) is 174 Å². The maximum absolute atomic E-state index is 13.0. The number of nitrogens with two attached hydrogens (primary N) is 4. The van der Waals surface area contributed by atoms with E-state index < -0.39 is 20.4 Å². The second-order valence-corrected chi connectivity index (χ2v) is 40.5. The first-order chi connectivity index (χ1) is 70.7. The number of pyridine rings is 9. The molecule has 0 bridgehead atoms. The number of ether oxygens (including phenoxy) is 3. The molecule has 2 aliphatic rings. The number of aliphatic hydroxyl groups excluding tert-OH is 3. The number of hydrogen-bond donors (Lipinski definition) is 9. The number of rotatable bonds is 35. The van der Waals surface area contributed by atoms with Crippen molar-refractivity contribution < 1.29 is 46.4 Å². The number of amidine groups is 1. The van der Waals surface area contributed by atoms with Gasteiger partial charge in [-0.3, -0.25) is 8.61 Å². The van der Waals surface area contributed by atoms with Crippen molar-refractivity contribution in [3.63, 3.8) is 0 Å². The van der Waals surface area contributed by atoms with Crippen LogP contribution in [0.2, 0.25) is 20.6 Å². The lowest BCUT2D eigenvalue weighted by Crippen LogP contribution is -2.35. The van der Waals surface area contributed by atoms with Crippen LogP contribution in [-0.2, 0) is 46.6 Å². The number of nitrogen functional groups attached to an aromatic ring is 2. The highest BCUT2D eigenvalue weighted by Gasteiger charge is 2.38. The number of hydrazone groups is 1. The molecule has 0 aromatic carbocycles. The third-order valence-electron chi connectivity index (χ3n) is 21.8. The molecule has 0 radical (unpaired) electrons. The highest BCUT2D eigenvalue weighted by atomic mass is 35.5. The summed E-state index contributed by atoms with van der Waals surface area (Å²) in [7, 11) is -6.94. The van der Waals surface area contributed by atoms with E-state index in [1.165, 1.54) is 71.0 Å². The van der Waals surface area contributed by atoms with E-state index in [-0.39, 0.29) is 41.9 Å². The van der Waals surface area contributed by atoms with Gasteiger partial charge in [0.05, 0.1) is 62.9 Å². The molecule has 0 atom stereocenters. The molecule has 2 aliphatic heterocycles. The van der Waals surface area contributed by atoms with Crippen molar-refractivity contribution in [3.8, 4) is 80.6 Å². The Morgan fingerprint density at radius 3 is 1.14 bits per heavy atom. The molecule has 13 N–H and O–H groups in total. The van der Waals surface area contributed by atoms with Crippen molar-refractivity contribution in [2.24, 2.45) is 38.3 Å². The normalized spacial score (nSPS) is 13.0. The molecule has 16 heterocycles. The molecule has 2 saturated heterocycles. The first-order valence-corrected chi connectivity index (χ1v) is 51.4. The Balaban J connectivity index is 0.000000211. The third-order valence-corrected chi connectivity index (χ3v) is 26.2. The Kier molecular flexibility index (Phi) is 48.0. The summed E-state index contributed by atoms with van der Waals surface area (Å²) in [4.78, 5) is 42.1. The zero-order valence-electron chi connectivity index (χ0n) is 84.7. The van der Waals surface area contributed by atoms with Gasteiger partial charge in [-0.25, -0.2) is 44.9 Å². The highest BCUT2D eigenvalue weighted by molar-refractivity contribution is 7.91. The predicted molar refractivity (Wildman–Crippen MR) is 562 cm³/mol. The molecule has 794 valence electrons. The molecule has 2 fully saturated rings. The lowest BCUT2D eigenvalue weighted by molar-refractivity contribution is 0.164. The summed E-state index contributed by atoms with van der Waals surface area (Å²) < 4.78 is 72.7. The van der Waals surface area contributed by atoms with Crippen LogP contribution in [0.3, 0.4) is 0 Å². The van der Waals surface area contributed by atoms with Gasteiger partial charge in [-0.1, -0.05) is 115 Å². The van der Waals surface area contributed by atoms with Gasteiger partial charge in [-0.05, 0) is 206 Å². The Labute approximate surface area is 879 Å². The SMILES string of the molecule is CC(C)(CCO)CCO.CCCC(C)(C)CCOc1ccc(-c2nnn(CC)n2)cn1.CCn1nnc(-c2ccc(Cl)nc2)n1.CCn1nnc(-c2ccc(OCCC(C)(C)CCN3CCN(c4ccnc(N)c4)S3(=O)=O)nc2)n1.CCn1nnc(-c2ccc(OCCC(C)(C)CCO)nc2)n1.Clc1ccc(-c2nn[nH]n2)cn1.N#Cc1ccc(Cl)nc1.NN=C(N)c1ccc(Cl)nc1.Nc1cc(N2CCNS2(=O)=O)ccn1. The standard InChI is InChI=1S/C22H31N9O3S.C16H25N5O.C15H23N5O2.C8H8ClN5.C7H10N4O2S.C7H16O2.C6H4ClN5.C6H7ClN4.C6H3ClN2/c1-4-31-27-21(26-28-31)17-5-6-20(25-16-17)34-14-9-22(2,3)8-11-29-12-13-30(35(29,32)33)18-7-10-24-19(23)15-18;1-5-9-16(3,4)10-11-22-14-8-7-13(12-17-14)15-18-20-21(6-2)19-15;1-4-20-18-14(17-19-20)12-5-6-13(16-11-12)22-10-8-15(2,3)7-9-21;1-2-14-12-8(11-13-14)6-3-4-7(9)10-5-6;8-7-5-6(1-2-9-7)11-4-3-10-14(11,12)13;1-7(2,3-5-8)4-6-9;7-5-2-1-4(3-8-5)6-9-11-12-10-6;7-5-2-1-4(3-10-5)6(8)11-9;7-6-2-1-5(3-8)4-9-6/h5-7,10,15-16H,4,8-9,11-14H2,1-3H3,(H2,23,24);7-8,12H,5-6,9-11H2,1-4H3;5-6,11,21H,4,7-10H2,1-3H3;3-5H,2H2,1H3;1-2,5,10H,3-4H2,(H2,8,9);8-9H,3-6H2,1-2H3;1-3H,(H,9,10,11,12);1-3H,9H2,(H2,8,11);1-2,4H. The number of halogens is 4. The minimum Gasteiger partial charge on any atom is -0.478 e. The van der Waals surface area contributed by atoms with E-state index >= 15 is 0 Å². The molecule has 0 aliphatic carbocycles. The molecule has 14 aromatic heterocycles. The summed E-state index contributed by atoms with van der Waals surface area (Å²) >= 11 is 22.2. The minimum absolute atomic E-state index is 0.0667. The van der Waals surface area contributed by atoms with Crippen molar-refractivity contribution in [2.75, 3.05) is 92.4 Å². The molecule has 0 saturated carbocycles. The second-order valence-electron chi connectivity index (χ2n) is 35.4. The fourth-order valence-corrected chi connectivity index (χ4v) is 16.2. The van der Waals surface area contributed by atoms with Crippen molar-refractivity contribution >= 4 is 95.7 Å². The molecule has 0 spiro atoms. The quantitative estimate of drug-likeness (QED) is 0.00585. The number of nitrogens with zero attached hydrogens (tertiary/aromatic N) is 33. The van der Waals surface area contributed by atoms with Crippen LogP contribution in [0.25, 0.3) is 56.9 Å². The van der Waals surface area contributed by atoms with E-state index in [2.05, 4.69) is 185 Å². The minimum atomic E-state index is -3.59. The van der Waals surface area contributed by atoms with Gasteiger partial charge >= 0.3 is 20.4 Å². The summed E-state index contributed by atoms with van der Waals surface area (Å²) in [5.41, 5.74) is 23.2. The predicted octanol–water partition coefficient (Wildman–Crippen LogP) is 11.6. The molecule has 148 heavy (non-hydrogen) atoms. The molecular weight excluding hydrogens is 2030 g/mol. The monoisotopic (exact) mass is 2150 g/mol. The fourth-order valence-electron chi connectivity index (χ4n) is 12.9. The van der Waals surface area contributed by atoms with E-state index in [1.807, 2.05) is 77.9 Å². The summed E-state index contributed by atoms with van der Waals surface area (Å²) in [6.07, 6.45) is 22.3. The van der Waals surface area contributed by atoms with E-state index in [0.717, 1.165) is 66.3 Å². The number of aryl methyl sites for hydroxylation is 4. The molecule has 14 aromatic rings. The average Bonchev–Trinajstić information content (AvgIpc) is 1.63. The lowest BCUT2D eigenvalue weighted by Gasteiger charge is -2.27. The Hall–Kier alpha value is -14.1. The van der Waals surface area contributed by atoms with Crippen LogP contribution in [0, 0.1) is 33.0 Å². The Morgan fingerprint density at radius 2 is 0.818 bits per heavy atom. The average molecular weight is 2160 g/mol. The first kappa shape index (κ1) is 119. The van der Waals surface area contributed by atoms with Crippen molar-refractivity contribution in [1.29, 1.82) is 5.26 Å². The number of aromatic nitrogens is 29. The van der Waals surface area contributed by atoms with Gasteiger partial charge in [0.15, 0.2) is 5.84 Å². The largest absolute Gasteiger partial charge is 0.478 e. The van der Waals surface area contributed by atoms with Gasteiger partial charge in [0, 0.05) is 172 Å². The first-order valence-electron chi connectivity index (χ1n) is 47.0. The van der Waals surface area contributed by atoms with E-state index in [1.54, 1.807) is 109 Å². The summed E-state index contributed by atoms with van der Waals surface area (Å²) in [6.45, 7) is 34.3. The van der Waals surface area contributed by atoms with Crippen molar-refractivity contribution in [1.82, 2.24) is 155 Å². The van der Waals surface area contributed by atoms with Crippen LogP contribution in [0.15, 0.2) is 170 Å². The molecule has 0 amide bonds. The number of aromatic amines is 1. The Morgan fingerprint density at radius 1 is 0.446 bits per heavy atom. The highest BCUT2D eigenvalue weighted by Crippen LogP contribution is 2.33. The van der Waals surface area contributed by atoms with Crippen LogP contribution in [0.5, 0.6) is 17.6 Å². The smallest absolute Gasteiger partial charge is 0.304 e. The van der Waals surface area contributed by atoms with Crippen LogP contribution >= 0.6 is 46.4 Å². The Bertz CT molecular complexity index is 6450. The second kappa shape index (κ2) is 59.7. The number of nitriles is 1. The zero-order chi connectivity index (χ0) is 108. The van der Waals surface area contributed by atoms with Crippen molar-refractivity contribution in [3.05, 3.63) is 197 Å². The van der Waals surface area contributed by atoms with Gasteiger partial charge in [-0.2, -0.15) is 60.6 Å². The molecule has 16 rings (SSSR count). The van der Waals surface area contributed by atoms with Gasteiger partial charge in [0.2, 0.25) is 46.8 Å². The number of hydrogen-bond acceptors (Lipinski definition) is 39. The lowest BCUT2D eigenvalue weighted by atomic mass is 9.85. The number of aliphatic hydroxyl groups is 3. The van der Waals surface area contributed by atoms with E-state index in [0.29, 0.717) is 192 Å². The van der Waals surface area contributed by atoms with Gasteiger partial charge in [0.25, 0.3) is 0 Å². The molecule has 0 unspecified atom stereocenters. The summed E-state index contributed by atoms with van der Waals surface area (Å²) in [6, 6.07) is 32.9. The maximum atomic E-state index is 13.0. The van der Waals surface area contributed by atoms with Gasteiger partial charge in [-0.15, -0.1) is 51.0 Å². The fraction of sp³-hybridized carbons (Fsp3) is 0.441. The summed E-state index contributed by atoms with van der Waals surface area (Å²) in [5.74, 6) is 10.3. The maximum Gasteiger partial charge on any atom is 0.304 e. The third kappa shape index (κ3) is 40.6. The zero-order valence-corrected chi connectivity index (χ0v) is 89.3. The van der Waals surface area contributed by atoms with Crippen LogP contribution in [-0.4, -0.2) is 261 Å². The van der Waals surface area contributed by atoms with Gasteiger partial charge in [0.1, 0.15) is 38.3 Å². The topological polar surface area (TPSA) is 664 Å². The molecule has 55 heteroatoms. The number of nitrogens with one attached hydrogen (secondary N) is 2. The summed E-state index contributed by atoms with van der Waals surface area (Å²) in [5, 5.41) is 101. The van der Waals surface area contributed by atoms with Crippen LogP contribution < -0.4 is 50.6 Å².